The number of hydrogen-bond acceptors (Lipinski definition) is 2. The van der Waals surface area contributed by atoms with Crippen molar-refractivity contribution in [1.82, 2.24) is 9.80 Å². The van der Waals surface area contributed by atoms with Gasteiger partial charge in [0, 0.05) is 38.5 Å². The number of benzene rings is 1. The highest BCUT2D eigenvalue weighted by Crippen LogP contribution is 2.31. The van der Waals surface area contributed by atoms with Crippen molar-refractivity contribution in [3.63, 3.8) is 0 Å². The van der Waals surface area contributed by atoms with E-state index >= 15 is 0 Å². The van der Waals surface area contributed by atoms with Crippen molar-refractivity contribution >= 4 is 11.8 Å². The number of carbonyl (C=O) groups excluding carboxylic acids is 2. The van der Waals surface area contributed by atoms with Crippen molar-refractivity contribution in [3.05, 3.63) is 35.4 Å². The molecule has 0 N–H and O–H groups in total. The first-order chi connectivity index (χ1) is 10.6. The fourth-order valence-corrected chi connectivity index (χ4v) is 2.93. The van der Waals surface area contributed by atoms with Crippen LogP contribution in [0.5, 0.6) is 0 Å². The smallest absolute Gasteiger partial charge is 0.225 e. The van der Waals surface area contributed by atoms with Crippen LogP contribution in [0.15, 0.2) is 24.3 Å². The SMILES string of the molecule is Cc1ccc(CCC(=O)N2CCN(C(=O)C3CC3)CC2)cc1. The van der Waals surface area contributed by atoms with Gasteiger partial charge in [0.05, 0.1) is 0 Å². The lowest BCUT2D eigenvalue weighted by Crippen LogP contribution is -2.51. The second kappa shape index (κ2) is 6.51. The Morgan fingerprint density at radius 1 is 1.00 bits per heavy atom. The van der Waals surface area contributed by atoms with Gasteiger partial charge in [-0.25, -0.2) is 0 Å². The van der Waals surface area contributed by atoms with E-state index in [2.05, 4.69) is 31.2 Å². The molecule has 2 aliphatic rings. The molecular weight excluding hydrogens is 276 g/mol. The Kier molecular flexibility index (Phi) is 4.46. The van der Waals surface area contributed by atoms with E-state index in [9.17, 15) is 9.59 Å². The van der Waals surface area contributed by atoms with Crippen LogP contribution in [0, 0.1) is 12.8 Å². The summed E-state index contributed by atoms with van der Waals surface area (Å²) in [7, 11) is 0. The topological polar surface area (TPSA) is 40.6 Å². The van der Waals surface area contributed by atoms with E-state index < -0.39 is 0 Å². The maximum absolute atomic E-state index is 12.3. The molecule has 1 aromatic carbocycles. The minimum atomic E-state index is 0.207. The Balaban J connectivity index is 1.43. The van der Waals surface area contributed by atoms with Crippen molar-refractivity contribution in [3.8, 4) is 0 Å². The lowest BCUT2D eigenvalue weighted by Gasteiger charge is -2.35. The first-order valence-electron chi connectivity index (χ1n) is 8.25. The van der Waals surface area contributed by atoms with E-state index in [1.807, 2.05) is 9.80 Å². The summed E-state index contributed by atoms with van der Waals surface area (Å²) in [6, 6.07) is 8.36. The van der Waals surface area contributed by atoms with E-state index in [-0.39, 0.29) is 11.8 Å². The number of aryl methyl sites for hydroxylation is 2. The van der Waals surface area contributed by atoms with Crippen molar-refractivity contribution in [1.29, 1.82) is 0 Å². The third-order valence-electron chi connectivity index (χ3n) is 4.62. The number of carbonyl (C=O) groups is 2. The second-order valence-electron chi connectivity index (χ2n) is 6.47. The van der Waals surface area contributed by atoms with Gasteiger partial charge >= 0.3 is 0 Å². The molecule has 4 heteroatoms. The van der Waals surface area contributed by atoms with E-state index in [4.69, 9.17) is 0 Å². The molecule has 0 atom stereocenters. The molecule has 1 heterocycles. The van der Waals surface area contributed by atoms with Crippen molar-refractivity contribution in [2.24, 2.45) is 5.92 Å². The molecule has 1 aliphatic heterocycles. The Morgan fingerprint density at radius 3 is 2.18 bits per heavy atom. The Bertz CT molecular complexity index is 541. The second-order valence-corrected chi connectivity index (χ2v) is 6.47. The molecule has 4 nitrogen and oxygen atoms in total. The molecular formula is C18H24N2O2. The first-order valence-corrected chi connectivity index (χ1v) is 8.25. The maximum Gasteiger partial charge on any atom is 0.225 e. The molecule has 0 bridgehead atoms. The van der Waals surface area contributed by atoms with Crippen LogP contribution in [0.25, 0.3) is 0 Å². The zero-order valence-electron chi connectivity index (χ0n) is 13.3. The molecule has 0 spiro atoms. The Labute approximate surface area is 132 Å². The monoisotopic (exact) mass is 300 g/mol. The van der Waals surface area contributed by atoms with Crippen LogP contribution in [0.3, 0.4) is 0 Å². The van der Waals surface area contributed by atoms with Gasteiger partial charge in [0.15, 0.2) is 0 Å². The summed E-state index contributed by atoms with van der Waals surface area (Å²) in [6.07, 6.45) is 3.45. The molecule has 2 fully saturated rings. The standard InChI is InChI=1S/C18H24N2O2/c1-14-2-4-15(5-3-14)6-9-17(21)19-10-12-20(13-11-19)18(22)16-7-8-16/h2-5,16H,6-13H2,1H3. The van der Waals surface area contributed by atoms with Crippen LogP contribution in [0.2, 0.25) is 0 Å². The zero-order valence-corrected chi connectivity index (χ0v) is 13.3. The molecule has 2 amide bonds. The van der Waals surface area contributed by atoms with Crippen LogP contribution in [-0.2, 0) is 16.0 Å². The van der Waals surface area contributed by atoms with Crippen molar-refractivity contribution < 1.29 is 9.59 Å². The normalized spacial score (nSPS) is 18.4. The Morgan fingerprint density at radius 2 is 1.59 bits per heavy atom. The van der Waals surface area contributed by atoms with Gasteiger partial charge in [-0.1, -0.05) is 29.8 Å². The molecule has 3 rings (SSSR count). The molecule has 118 valence electrons. The summed E-state index contributed by atoms with van der Waals surface area (Å²) in [5.74, 6) is 0.787. The maximum atomic E-state index is 12.3. The third kappa shape index (κ3) is 3.67. The zero-order chi connectivity index (χ0) is 15.5. The largest absolute Gasteiger partial charge is 0.339 e. The number of hydrogen-bond donors (Lipinski definition) is 0. The minimum absolute atomic E-state index is 0.207. The molecule has 1 saturated carbocycles. The fraction of sp³-hybridized carbons (Fsp3) is 0.556. The van der Waals surface area contributed by atoms with Gasteiger partial charge in [0.25, 0.3) is 0 Å². The van der Waals surface area contributed by atoms with Gasteiger partial charge < -0.3 is 9.80 Å². The lowest BCUT2D eigenvalue weighted by molar-refractivity contribution is -0.140. The van der Waals surface area contributed by atoms with E-state index in [1.54, 1.807) is 0 Å². The predicted molar refractivity (Wildman–Crippen MR) is 85.4 cm³/mol. The highest BCUT2D eigenvalue weighted by molar-refractivity contribution is 5.81. The van der Waals surface area contributed by atoms with Crippen molar-refractivity contribution in [2.75, 3.05) is 26.2 Å². The van der Waals surface area contributed by atoms with E-state index in [0.717, 1.165) is 19.3 Å². The van der Waals surface area contributed by atoms with E-state index in [1.165, 1.54) is 11.1 Å². The van der Waals surface area contributed by atoms with Crippen molar-refractivity contribution in [2.45, 2.75) is 32.6 Å². The highest BCUT2D eigenvalue weighted by Gasteiger charge is 2.35. The number of rotatable bonds is 4. The molecule has 0 unspecified atom stereocenters. The summed E-state index contributed by atoms with van der Waals surface area (Å²) in [5.41, 5.74) is 2.45. The summed E-state index contributed by atoms with van der Waals surface area (Å²) in [4.78, 5) is 28.1. The quantitative estimate of drug-likeness (QED) is 0.853. The van der Waals surface area contributed by atoms with Gasteiger partial charge in [0.1, 0.15) is 0 Å². The molecule has 1 aromatic rings. The molecule has 1 saturated heterocycles. The summed E-state index contributed by atoms with van der Waals surface area (Å²) >= 11 is 0. The summed E-state index contributed by atoms with van der Waals surface area (Å²) in [6.45, 7) is 4.84. The lowest BCUT2D eigenvalue weighted by atomic mass is 10.1. The molecule has 22 heavy (non-hydrogen) atoms. The third-order valence-corrected chi connectivity index (χ3v) is 4.62. The first kappa shape index (κ1) is 15.1. The number of amides is 2. The average Bonchev–Trinajstić information content (AvgIpc) is 3.38. The summed E-state index contributed by atoms with van der Waals surface area (Å²) < 4.78 is 0. The molecule has 0 radical (unpaired) electrons. The van der Waals surface area contributed by atoms with Crippen LogP contribution in [0.1, 0.15) is 30.4 Å². The molecule has 1 aliphatic carbocycles. The van der Waals surface area contributed by atoms with Gasteiger partial charge in [0.2, 0.25) is 11.8 Å². The fourth-order valence-electron chi connectivity index (χ4n) is 2.93. The predicted octanol–water partition coefficient (Wildman–Crippen LogP) is 2.01. The van der Waals surface area contributed by atoms with Gasteiger partial charge in [-0.3, -0.25) is 9.59 Å². The van der Waals surface area contributed by atoms with E-state index in [0.29, 0.717) is 38.5 Å². The van der Waals surface area contributed by atoms with Gasteiger partial charge in [-0.2, -0.15) is 0 Å². The Hall–Kier alpha value is -1.84. The number of nitrogens with zero attached hydrogens (tertiary/aromatic N) is 2. The minimum Gasteiger partial charge on any atom is -0.339 e. The van der Waals surface area contributed by atoms with Gasteiger partial charge in [-0.05, 0) is 31.7 Å². The average molecular weight is 300 g/mol. The summed E-state index contributed by atoms with van der Waals surface area (Å²) in [5, 5.41) is 0. The van der Waals surface area contributed by atoms with Crippen LogP contribution >= 0.6 is 0 Å². The number of piperazine rings is 1. The van der Waals surface area contributed by atoms with Crippen LogP contribution in [0.4, 0.5) is 0 Å². The highest BCUT2D eigenvalue weighted by atomic mass is 16.2. The molecule has 0 aromatic heterocycles. The van der Waals surface area contributed by atoms with Gasteiger partial charge in [-0.15, -0.1) is 0 Å². The van der Waals surface area contributed by atoms with Crippen LogP contribution in [-0.4, -0.2) is 47.8 Å². The van der Waals surface area contributed by atoms with Crippen LogP contribution < -0.4 is 0 Å².